The minimum absolute atomic E-state index is 0.246. The van der Waals surface area contributed by atoms with Gasteiger partial charge in [0.15, 0.2) is 0 Å². The number of anilines is 2. The van der Waals surface area contributed by atoms with Crippen LogP contribution in [-0.2, 0) is 13.1 Å². The molecule has 10 nitrogen and oxygen atoms in total. The number of amides is 4. The Morgan fingerprint density at radius 2 is 0.905 bits per heavy atom. The van der Waals surface area contributed by atoms with Gasteiger partial charge >= 0.3 is 0 Å². The Morgan fingerprint density at radius 3 is 1.29 bits per heavy atom. The summed E-state index contributed by atoms with van der Waals surface area (Å²) in [5, 5.41) is 11.1. The van der Waals surface area contributed by atoms with E-state index in [9.17, 15) is 19.2 Å². The average Bonchev–Trinajstić information content (AvgIpc) is 3.74. The summed E-state index contributed by atoms with van der Waals surface area (Å²) in [6, 6.07) is 26.2. The highest BCUT2D eigenvalue weighted by Gasteiger charge is 2.13. The molecule has 0 spiro atoms. The van der Waals surface area contributed by atoms with Crippen LogP contribution in [0.2, 0.25) is 0 Å². The predicted octanol–water partition coefficient (Wildman–Crippen LogP) is 5.24. The van der Waals surface area contributed by atoms with Crippen LogP contribution in [0.15, 0.2) is 118 Å². The molecule has 42 heavy (non-hydrogen) atoms. The van der Waals surface area contributed by atoms with Crippen molar-refractivity contribution in [1.29, 1.82) is 0 Å². The minimum atomic E-state index is -0.400. The maximum Gasteiger partial charge on any atom is 0.255 e. The summed E-state index contributed by atoms with van der Waals surface area (Å²) in [7, 11) is 0. The lowest BCUT2D eigenvalue weighted by atomic mass is 10.1. The molecular formula is C32H26N4O6. The van der Waals surface area contributed by atoms with E-state index in [-0.39, 0.29) is 24.9 Å². The predicted molar refractivity (Wildman–Crippen MR) is 155 cm³/mol. The molecule has 0 aliphatic rings. The van der Waals surface area contributed by atoms with Gasteiger partial charge in [0, 0.05) is 33.6 Å². The smallest absolute Gasteiger partial charge is 0.255 e. The molecular weight excluding hydrogens is 536 g/mol. The largest absolute Gasteiger partial charge is 0.467 e. The molecule has 4 N–H and O–H groups in total. The van der Waals surface area contributed by atoms with Crippen molar-refractivity contribution < 1.29 is 28.0 Å². The monoisotopic (exact) mass is 562 g/mol. The van der Waals surface area contributed by atoms with Gasteiger partial charge in [0.2, 0.25) is 0 Å². The van der Waals surface area contributed by atoms with E-state index in [4.69, 9.17) is 8.83 Å². The van der Waals surface area contributed by atoms with E-state index >= 15 is 0 Å². The molecule has 5 rings (SSSR count). The Bertz CT molecular complexity index is 1570. The summed E-state index contributed by atoms with van der Waals surface area (Å²) in [6.07, 6.45) is 3.06. The summed E-state index contributed by atoms with van der Waals surface area (Å²) < 4.78 is 10.4. The molecule has 0 aliphatic carbocycles. The van der Waals surface area contributed by atoms with E-state index in [1.807, 2.05) is 0 Å². The molecule has 10 heteroatoms. The quantitative estimate of drug-likeness (QED) is 0.183. The van der Waals surface area contributed by atoms with E-state index in [1.165, 1.54) is 36.8 Å². The number of carbonyl (C=O) groups is 4. The highest BCUT2D eigenvalue weighted by Crippen LogP contribution is 2.16. The summed E-state index contributed by atoms with van der Waals surface area (Å²) in [6.45, 7) is 0.491. The van der Waals surface area contributed by atoms with Gasteiger partial charge in [0.25, 0.3) is 23.6 Å². The fourth-order valence-corrected chi connectivity index (χ4v) is 4.02. The van der Waals surface area contributed by atoms with Crippen molar-refractivity contribution in [2.24, 2.45) is 0 Å². The van der Waals surface area contributed by atoms with Gasteiger partial charge in [0.05, 0.1) is 25.6 Å². The normalized spacial score (nSPS) is 10.5. The van der Waals surface area contributed by atoms with Crippen LogP contribution >= 0.6 is 0 Å². The Balaban J connectivity index is 1.15. The van der Waals surface area contributed by atoms with Gasteiger partial charge in [0.1, 0.15) is 11.5 Å². The van der Waals surface area contributed by atoms with E-state index < -0.39 is 11.8 Å². The average molecular weight is 563 g/mol. The van der Waals surface area contributed by atoms with Gasteiger partial charge in [-0.25, -0.2) is 0 Å². The number of rotatable bonds is 10. The second-order valence-electron chi connectivity index (χ2n) is 9.17. The number of hydrogen-bond acceptors (Lipinski definition) is 6. The summed E-state index contributed by atoms with van der Waals surface area (Å²) in [5.74, 6) is -0.159. The van der Waals surface area contributed by atoms with Gasteiger partial charge in [-0.2, -0.15) is 0 Å². The number of furan rings is 2. The lowest BCUT2D eigenvalue weighted by Gasteiger charge is -2.10. The number of carbonyl (C=O) groups excluding carboxylic acids is 4. The SMILES string of the molecule is O=C(NCc1ccco1)c1cccc(NC(=O)c2ccc(C(=O)Nc3cccc(C(=O)NCc4ccco4)c3)cc2)c1. The molecule has 0 bridgehead atoms. The van der Waals surface area contributed by atoms with Gasteiger partial charge in [-0.15, -0.1) is 0 Å². The molecule has 4 amide bonds. The molecule has 0 fully saturated rings. The fraction of sp³-hybridized carbons (Fsp3) is 0.0625. The zero-order chi connectivity index (χ0) is 29.3. The molecule has 210 valence electrons. The molecule has 0 saturated heterocycles. The number of hydrogen-bond donors (Lipinski definition) is 4. The van der Waals surface area contributed by atoms with Crippen LogP contribution < -0.4 is 21.3 Å². The van der Waals surface area contributed by atoms with Crippen molar-refractivity contribution in [3.63, 3.8) is 0 Å². The lowest BCUT2D eigenvalue weighted by molar-refractivity contribution is 0.0940. The molecule has 0 unspecified atom stereocenters. The van der Waals surface area contributed by atoms with Crippen LogP contribution in [0.25, 0.3) is 0 Å². The number of benzene rings is 3. The van der Waals surface area contributed by atoms with Crippen molar-refractivity contribution in [2.45, 2.75) is 13.1 Å². The Kier molecular flexibility index (Phi) is 8.54. The maximum atomic E-state index is 12.8. The van der Waals surface area contributed by atoms with Gasteiger partial charge in [-0.1, -0.05) is 12.1 Å². The van der Waals surface area contributed by atoms with Crippen LogP contribution in [0.3, 0.4) is 0 Å². The van der Waals surface area contributed by atoms with Gasteiger partial charge in [-0.3, -0.25) is 19.2 Å². The third-order valence-corrected chi connectivity index (χ3v) is 6.18. The van der Waals surface area contributed by atoms with Crippen molar-refractivity contribution in [1.82, 2.24) is 10.6 Å². The topological polar surface area (TPSA) is 143 Å². The van der Waals surface area contributed by atoms with Crippen molar-refractivity contribution >= 4 is 35.0 Å². The lowest BCUT2D eigenvalue weighted by Crippen LogP contribution is -2.23. The van der Waals surface area contributed by atoms with Gasteiger partial charge in [-0.05, 0) is 84.9 Å². The van der Waals surface area contributed by atoms with Crippen LogP contribution in [0.1, 0.15) is 53.0 Å². The van der Waals surface area contributed by atoms with E-state index in [2.05, 4.69) is 21.3 Å². The van der Waals surface area contributed by atoms with Crippen LogP contribution in [0.5, 0.6) is 0 Å². The van der Waals surface area contributed by atoms with E-state index in [0.29, 0.717) is 45.1 Å². The first-order valence-corrected chi connectivity index (χ1v) is 13.0. The molecule has 0 saturated carbocycles. The second kappa shape index (κ2) is 13.0. The van der Waals surface area contributed by atoms with E-state index in [1.54, 1.807) is 72.8 Å². The van der Waals surface area contributed by atoms with Gasteiger partial charge < -0.3 is 30.1 Å². The zero-order valence-electron chi connectivity index (χ0n) is 22.3. The van der Waals surface area contributed by atoms with Crippen LogP contribution in [-0.4, -0.2) is 23.6 Å². The summed E-state index contributed by atoms with van der Waals surface area (Å²) in [5.41, 5.74) is 2.31. The molecule has 0 radical (unpaired) electrons. The Morgan fingerprint density at radius 1 is 0.476 bits per heavy atom. The molecule has 0 aliphatic heterocycles. The Hall–Kier alpha value is -5.90. The minimum Gasteiger partial charge on any atom is -0.467 e. The first-order chi connectivity index (χ1) is 20.4. The summed E-state index contributed by atoms with van der Waals surface area (Å²) >= 11 is 0. The summed E-state index contributed by atoms with van der Waals surface area (Å²) in [4.78, 5) is 50.6. The number of nitrogens with one attached hydrogen (secondary N) is 4. The fourth-order valence-electron chi connectivity index (χ4n) is 4.02. The molecule has 2 aromatic heterocycles. The zero-order valence-corrected chi connectivity index (χ0v) is 22.3. The van der Waals surface area contributed by atoms with E-state index in [0.717, 1.165) is 0 Å². The highest BCUT2D eigenvalue weighted by atomic mass is 16.3. The molecule has 2 heterocycles. The van der Waals surface area contributed by atoms with Crippen molar-refractivity contribution in [3.8, 4) is 0 Å². The van der Waals surface area contributed by atoms with Crippen LogP contribution in [0.4, 0.5) is 11.4 Å². The first-order valence-electron chi connectivity index (χ1n) is 13.0. The maximum absolute atomic E-state index is 12.8. The Labute approximate surface area is 240 Å². The molecule has 3 aromatic carbocycles. The second-order valence-corrected chi connectivity index (χ2v) is 9.17. The van der Waals surface area contributed by atoms with Crippen molar-refractivity contribution in [3.05, 3.63) is 143 Å². The first kappa shape index (κ1) is 27.7. The molecule has 5 aromatic rings. The standard InChI is InChI=1S/C32H26N4O6/c37-29(33-19-27-9-3-15-41-27)23-5-1-7-25(17-23)35-31(39)21-11-13-22(14-12-21)32(40)36-26-8-2-6-24(18-26)30(38)34-20-28-10-4-16-42-28/h1-18H,19-20H2,(H,33,37)(H,34,38)(H,35,39)(H,36,40). The van der Waals surface area contributed by atoms with Crippen LogP contribution in [0, 0.1) is 0 Å². The third-order valence-electron chi connectivity index (χ3n) is 6.18. The van der Waals surface area contributed by atoms with Crippen molar-refractivity contribution in [2.75, 3.05) is 10.6 Å². The highest BCUT2D eigenvalue weighted by molar-refractivity contribution is 6.08. The third kappa shape index (κ3) is 7.19. The molecule has 0 atom stereocenters.